The van der Waals surface area contributed by atoms with Crippen LogP contribution in [0.4, 0.5) is 13.2 Å². The second kappa shape index (κ2) is 14.4. The summed E-state index contributed by atoms with van der Waals surface area (Å²) in [5, 5.41) is 3.80. The molecule has 4 aromatic rings. The molecule has 0 spiro atoms. The number of aromatic nitrogens is 1. The Bertz CT molecular complexity index is 1680. The molecule has 0 unspecified atom stereocenters. The number of likely N-dealkylation sites (tertiary alicyclic amines) is 2. The van der Waals surface area contributed by atoms with E-state index in [1.165, 1.54) is 25.3 Å². The van der Waals surface area contributed by atoms with Gasteiger partial charge in [-0.05, 0) is 102 Å². The fraction of sp³-hybridized carbons (Fsp3) is 0.421. The van der Waals surface area contributed by atoms with E-state index in [4.69, 9.17) is 9.72 Å². The molecule has 0 saturated carbocycles. The van der Waals surface area contributed by atoms with Gasteiger partial charge < -0.3 is 15.0 Å². The topological polar surface area (TPSA) is 57.7 Å². The summed E-state index contributed by atoms with van der Waals surface area (Å²) in [7, 11) is 0. The minimum absolute atomic E-state index is 0.297. The van der Waals surface area contributed by atoms with Gasteiger partial charge in [0.05, 0.1) is 35.0 Å². The average Bonchev–Trinajstić information content (AvgIpc) is 3.09. The normalized spacial score (nSPS) is 17.5. The quantitative estimate of drug-likeness (QED) is 0.199. The molecule has 0 radical (unpaired) electrons. The van der Waals surface area contributed by atoms with E-state index in [-0.39, 0.29) is 11.9 Å². The van der Waals surface area contributed by atoms with Gasteiger partial charge in [0, 0.05) is 29.1 Å². The van der Waals surface area contributed by atoms with Crippen molar-refractivity contribution in [2.75, 3.05) is 32.8 Å². The Labute approximate surface area is 274 Å². The maximum Gasteiger partial charge on any atom is 0.416 e. The van der Waals surface area contributed by atoms with E-state index in [0.717, 1.165) is 56.7 Å². The van der Waals surface area contributed by atoms with Gasteiger partial charge in [-0.2, -0.15) is 13.2 Å². The molecule has 3 aromatic carbocycles. The molecule has 2 aliphatic heterocycles. The number of amides is 1. The van der Waals surface area contributed by atoms with Gasteiger partial charge in [-0.1, -0.05) is 48.9 Å². The zero-order valence-electron chi connectivity index (χ0n) is 27.2. The van der Waals surface area contributed by atoms with Crippen molar-refractivity contribution in [1.29, 1.82) is 0 Å². The van der Waals surface area contributed by atoms with E-state index in [1.807, 2.05) is 50.2 Å². The molecule has 1 N–H and O–H groups in total. The van der Waals surface area contributed by atoms with E-state index in [2.05, 4.69) is 15.1 Å². The monoisotopic (exact) mass is 644 g/mol. The van der Waals surface area contributed by atoms with E-state index in [0.29, 0.717) is 58.2 Å². The third-order valence-electron chi connectivity index (χ3n) is 9.55. The standard InChI is InChI=1S/C38H43F3N4O2/c1-3-47-31-15-16-34-32(24-31)35(37(46)42-26(2)27-11-6-4-7-12-27)33(36(43-34)28-13-10-14-29(23-28)38(39,40)41)25-44-21-17-30(18-22-44)45-19-8-5-9-20-45/h4,6-7,10-16,23-24,26,30H,3,5,8-9,17-22,25H2,1-2H3,(H,42,46)/t26-/m0/s1. The van der Waals surface area contributed by atoms with Crippen molar-refractivity contribution in [3.63, 3.8) is 0 Å². The molecule has 3 heterocycles. The summed E-state index contributed by atoms with van der Waals surface area (Å²) in [6.45, 7) is 8.63. The number of alkyl halides is 3. The number of fused-ring (bicyclic) bond motifs is 1. The van der Waals surface area contributed by atoms with Gasteiger partial charge in [0.15, 0.2) is 0 Å². The van der Waals surface area contributed by atoms with Gasteiger partial charge in [0.1, 0.15) is 5.75 Å². The molecule has 1 atom stereocenters. The summed E-state index contributed by atoms with van der Waals surface area (Å²) < 4.78 is 47.6. The van der Waals surface area contributed by atoms with Crippen LogP contribution in [-0.4, -0.2) is 59.5 Å². The van der Waals surface area contributed by atoms with Crippen LogP contribution in [0.2, 0.25) is 0 Å². The largest absolute Gasteiger partial charge is 0.494 e. The summed E-state index contributed by atoms with van der Waals surface area (Å²) in [6.07, 6.45) is 1.30. The lowest BCUT2D eigenvalue weighted by Crippen LogP contribution is -2.46. The van der Waals surface area contributed by atoms with Crippen LogP contribution in [0, 0.1) is 0 Å². The molecule has 6 nitrogen and oxygen atoms in total. The summed E-state index contributed by atoms with van der Waals surface area (Å²) in [5.41, 5.74) is 2.49. The average molecular weight is 645 g/mol. The number of nitrogens with zero attached hydrogens (tertiary/aromatic N) is 3. The molecular weight excluding hydrogens is 601 g/mol. The number of hydrogen-bond donors (Lipinski definition) is 1. The van der Waals surface area contributed by atoms with E-state index < -0.39 is 11.7 Å². The first kappa shape index (κ1) is 33.0. The molecule has 6 rings (SSSR count). The third-order valence-corrected chi connectivity index (χ3v) is 9.55. The van der Waals surface area contributed by atoms with Crippen LogP contribution >= 0.6 is 0 Å². The molecule has 1 aromatic heterocycles. The highest BCUT2D eigenvalue weighted by atomic mass is 19.4. The summed E-state index contributed by atoms with van der Waals surface area (Å²) in [4.78, 5) is 24.4. The summed E-state index contributed by atoms with van der Waals surface area (Å²) in [6, 6.07) is 20.6. The van der Waals surface area contributed by atoms with Crippen molar-refractivity contribution in [3.05, 3.63) is 95.1 Å². The number of hydrogen-bond acceptors (Lipinski definition) is 5. The molecule has 0 aliphatic carbocycles. The van der Waals surface area contributed by atoms with E-state index >= 15 is 0 Å². The highest BCUT2D eigenvalue weighted by Gasteiger charge is 2.32. The first-order valence-corrected chi connectivity index (χ1v) is 16.8. The Balaban J connectivity index is 1.45. The molecule has 9 heteroatoms. The number of ether oxygens (including phenoxy) is 1. The SMILES string of the molecule is CCOc1ccc2nc(-c3cccc(C(F)(F)F)c3)c(CN3CCC(N4CCCCC4)CC3)c(C(=O)N[C@@H](C)c3ccccc3)c2c1. The molecule has 1 amide bonds. The van der Waals surface area contributed by atoms with Crippen LogP contribution in [0.3, 0.4) is 0 Å². The van der Waals surface area contributed by atoms with Crippen molar-refractivity contribution in [1.82, 2.24) is 20.1 Å². The second-order valence-electron chi connectivity index (χ2n) is 12.7. The molecule has 248 valence electrons. The Morgan fingerprint density at radius 3 is 2.40 bits per heavy atom. The number of pyridine rings is 1. The second-order valence-corrected chi connectivity index (χ2v) is 12.7. The van der Waals surface area contributed by atoms with Crippen molar-refractivity contribution in [2.24, 2.45) is 0 Å². The predicted octanol–water partition coefficient (Wildman–Crippen LogP) is 8.26. The molecule has 2 saturated heterocycles. The number of halogens is 3. The van der Waals surface area contributed by atoms with Gasteiger partial charge in [-0.25, -0.2) is 4.98 Å². The van der Waals surface area contributed by atoms with Crippen molar-refractivity contribution in [3.8, 4) is 17.0 Å². The Hall–Kier alpha value is -3.95. The number of carbonyl (C=O) groups excluding carboxylic acids is 1. The summed E-state index contributed by atoms with van der Waals surface area (Å²) in [5.74, 6) is 0.306. The zero-order valence-corrected chi connectivity index (χ0v) is 27.2. The van der Waals surface area contributed by atoms with Crippen molar-refractivity contribution < 1.29 is 22.7 Å². The minimum atomic E-state index is -4.51. The lowest BCUT2D eigenvalue weighted by Gasteiger charge is -2.40. The number of piperidine rings is 2. The predicted molar refractivity (Wildman–Crippen MR) is 179 cm³/mol. The van der Waals surface area contributed by atoms with E-state index in [9.17, 15) is 18.0 Å². The highest BCUT2D eigenvalue weighted by molar-refractivity contribution is 6.09. The molecule has 2 fully saturated rings. The van der Waals surface area contributed by atoms with Crippen LogP contribution in [-0.2, 0) is 12.7 Å². The fourth-order valence-corrected chi connectivity index (χ4v) is 7.08. The Kier molecular flexibility index (Phi) is 10.1. The van der Waals surface area contributed by atoms with Gasteiger partial charge in [-0.15, -0.1) is 0 Å². The zero-order chi connectivity index (χ0) is 33.0. The smallest absolute Gasteiger partial charge is 0.416 e. The Morgan fingerprint density at radius 1 is 0.957 bits per heavy atom. The van der Waals surface area contributed by atoms with Crippen LogP contribution in [0.5, 0.6) is 5.75 Å². The van der Waals surface area contributed by atoms with Gasteiger partial charge in [0.2, 0.25) is 0 Å². The number of nitrogens with one attached hydrogen (secondary N) is 1. The lowest BCUT2D eigenvalue weighted by molar-refractivity contribution is -0.137. The number of rotatable bonds is 9. The Morgan fingerprint density at radius 2 is 1.70 bits per heavy atom. The molecule has 2 aliphatic rings. The third kappa shape index (κ3) is 7.63. The first-order valence-electron chi connectivity index (χ1n) is 16.8. The van der Waals surface area contributed by atoms with Crippen molar-refractivity contribution in [2.45, 2.75) is 70.8 Å². The number of benzene rings is 3. The van der Waals surface area contributed by atoms with Crippen molar-refractivity contribution >= 4 is 16.8 Å². The van der Waals surface area contributed by atoms with Crippen LogP contribution < -0.4 is 10.1 Å². The fourth-order valence-electron chi connectivity index (χ4n) is 7.08. The number of carbonyl (C=O) groups is 1. The van der Waals surface area contributed by atoms with Crippen LogP contribution in [0.15, 0.2) is 72.8 Å². The molecular formula is C38H43F3N4O2. The molecule has 0 bridgehead atoms. The minimum Gasteiger partial charge on any atom is -0.494 e. The van der Waals surface area contributed by atoms with Gasteiger partial charge in [0.25, 0.3) is 5.91 Å². The highest BCUT2D eigenvalue weighted by Crippen LogP contribution is 2.37. The first-order chi connectivity index (χ1) is 22.7. The maximum absolute atomic E-state index is 14.5. The summed E-state index contributed by atoms with van der Waals surface area (Å²) >= 11 is 0. The molecule has 47 heavy (non-hydrogen) atoms. The lowest BCUT2D eigenvalue weighted by atomic mass is 9.93. The van der Waals surface area contributed by atoms with Gasteiger partial charge in [-0.3, -0.25) is 9.69 Å². The van der Waals surface area contributed by atoms with Crippen LogP contribution in [0.25, 0.3) is 22.2 Å². The van der Waals surface area contributed by atoms with Crippen LogP contribution in [0.1, 0.15) is 79.0 Å². The van der Waals surface area contributed by atoms with E-state index in [1.54, 1.807) is 18.2 Å². The maximum atomic E-state index is 14.5. The van der Waals surface area contributed by atoms with Gasteiger partial charge >= 0.3 is 6.18 Å².